The molecule has 10 aromatic rings. The smallest absolute Gasteiger partial charge is 0.135 e. The van der Waals surface area contributed by atoms with Crippen LogP contribution in [0.15, 0.2) is 186 Å². The molecule has 0 saturated carbocycles. The molecule has 3 nitrogen and oxygen atoms in total. The highest BCUT2D eigenvalue weighted by Gasteiger charge is 2.19. The second-order valence-corrected chi connectivity index (χ2v) is 12.6. The van der Waals surface area contributed by atoms with E-state index in [1.54, 1.807) is 0 Å². The van der Waals surface area contributed by atoms with Gasteiger partial charge in [0, 0.05) is 44.0 Å². The number of rotatable bonds is 5. The van der Waals surface area contributed by atoms with E-state index in [1.807, 2.05) is 12.1 Å². The van der Waals surface area contributed by atoms with Crippen molar-refractivity contribution < 1.29 is 4.42 Å². The molecule has 0 spiro atoms. The van der Waals surface area contributed by atoms with Crippen LogP contribution in [0.2, 0.25) is 0 Å². The number of hydrogen-bond donors (Lipinski definition) is 0. The third-order valence-corrected chi connectivity index (χ3v) is 9.75. The summed E-state index contributed by atoms with van der Waals surface area (Å²) in [6.07, 6.45) is 0. The SMILES string of the molecule is c1cc(-c2cccc(-n3c4ccccc4c4ccccc43)c2)cc(N(c2ccc3oc4ccccc4c3c2)c2cccc3ccccc23)c1. The van der Waals surface area contributed by atoms with Gasteiger partial charge in [0.2, 0.25) is 0 Å². The Morgan fingerprint density at radius 2 is 0.980 bits per heavy atom. The third kappa shape index (κ3) is 4.44. The van der Waals surface area contributed by atoms with E-state index < -0.39 is 0 Å². The molecule has 230 valence electrons. The monoisotopic (exact) mass is 626 g/mol. The predicted octanol–water partition coefficient (Wildman–Crippen LogP) is 13.0. The van der Waals surface area contributed by atoms with Gasteiger partial charge in [0.15, 0.2) is 0 Å². The zero-order valence-corrected chi connectivity index (χ0v) is 26.6. The van der Waals surface area contributed by atoms with Gasteiger partial charge in [0.1, 0.15) is 11.2 Å². The first-order valence-corrected chi connectivity index (χ1v) is 16.7. The van der Waals surface area contributed by atoms with Gasteiger partial charge in [-0.05, 0) is 83.2 Å². The normalized spacial score (nSPS) is 11.7. The average Bonchev–Trinajstić information content (AvgIpc) is 3.71. The Hall–Kier alpha value is -6.58. The maximum absolute atomic E-state index is 6.22. The molecule has 0 aliphatic heterocycles. The summed E-state index contributed by atoms with van der Waals surface area (Å²) in [7, 11) is 0. The molecule has 0 unspecified atom stereocenters. The highest BCUT2D eigenvalue weighted by Crippen LogP contribution is 2.42. The first-order valence-electron chi connectivity index (χ1n) is 16.7. The van der Waals surface area contributed by atoms with Crippen molar-refractivity contribution in [2.75, 3.05) is 4.90 Å². The van der Waals surface area contributed by atoms with Crippen LogP contribution in [0.3, 0.4) is 0 Å². The van der Waals surface area contributed by atoms with Gasteiger partial charge in [-0.25, -0.2) is 0 Å². The zero-order chi connectivity index (χ0) is 32.3. The Labute approximate surface area is 283 Å². The largest absolute Gasteiger partial charge is 0.456 e. The van der Waals surface area contributed by atoms with Crippen molar-refractivity contribution in [3.05, 3.63) is 182 Å². The lowest BCUT2D eigenvalue weighted by molar-refractivity contribution is 0.669. The van der Waals surface area contributed by atoms with Crippen molar-refractivity contribution in [2.24, 2.45) is 0 Å². The topological polar surface area (TPSA) is 21.3 Å². The Balaban J connectivity index is 1.16. The van der Waals surface area contributed by atoms with Crippen molar-refractivity contribution in [2.45, 2.75) is 0 Å². The first kappa shape index (κ1) is 27.5. The Morgan fingerprint density at radius 1 is 0.388 bits per heavy atom. The molecule has 0 aliphatic rings. The van der Waals surface area contributed by atoms with Crippen LogP contribution < -0.4 is 4.90 Å². The lowest BCUT2D eigenvalue weighted by Gasteiger charge is -2.27. The van der Waals surface area contributed by atoms with Gasteiger partial charge in [-0.15, -0.1) is 0 Å². The molecule has 2 heterocycles. The van der Waals surface area contributed by atoms with Gasteiger partial charge < -0.3 is 13.9 Å². The second-order valence-electron chi connectivity index (χ2n) is 12.6. The van der Waals surface area contributed by atoms with Crippen molar-refractivity contribution in [3.63, 3.8) is 0 Å². The maximum Gasteiger partial charge on any atom is 0.135 e. The number of fused-ring (bicyclic) bond motifs is 7. The van der Waals surface area contributed by atoms with Gasteiger partial charge in [-0.2, -0.15) is 0 Å². The summed E-state index contributed by atoms with van der Waals surface area (Å²) in [4.78, 5) is 2.38. The number of hydrogen-bond acceptors (Lipinski definition) is 2. The van der Waals surface area contributed by atoms with E-state index in [9.17, 15) is 0 Å². The van der Waals surface area contributed by atoms with Crippen molar-refractivity contribution in [1.82, 2.24) is 4.57 Å². The second kappa shape index (κ2) is 11.0. The summed E-state index contributed by atoms with van der Waals surface area (Å²) in [6, 6.07) is 65.1. The third-order valence-electron chi connectivity index (χ3n) is 9.75. The molecule has 0 aliphatic carbocycles. The Kier molecular flexibility index (Phi) is 6.18. The molecule has 8 aromatic carbocycles. The molecule has 10 rings (SSSR count). The standard InChI is InChI=1S/C46H30N2O/c1-2-18-37-31(12-1)13-11-24-42(37)47(36-26-27-46-41(30-36)40-21-5-8-25-45(40)49-46)34-16-9-14-32(28-34)33-15-10-17-35(29-33)48-43-22-6-3-19-38(43)39-20-4-7-23-44(39)48/h1-30H. The Bertz CT molecular complexity index is 2800. The fourth-order valence-electron chi connectivity index (χ4n) is 7.53. The number of benzene rings is 8. The predicted molar refractivity (Wildman–Crippen MR) is 206 cm³/mol. The summed E-state index contributed by atoms with van der Waals surface area (Å²) in [5.74, 6) is 0. The van der Waals surface area contributed by atoms with Crippen LogP contribution in [0, 0.1) is 0 Å². The Morgan fingerprint density at radius 3 is 1.80 bits per heavy atom. The van der Waals surface area contributed by atoms with E-state index in [1.165, 1.54) is 32.6 Å². The van der Waals surface area contributed by atoms with Crippen LogP contribution >= 0.6 is 0 Å². The molecule has 0 bridgehead atoms. The average molecular weight is 627 g/mol. The lowest BCUT2D eigenvalue weighted by atomic mass is 10.0. The van der Waals surface area contributed by atoms with E-state index in [-0.39, 0.29) is 0 Å². The minimum atomic E-state index is 0.887. The van der Waals surface area contributed by atoms with E-state index >= 15 is 0 Å². The fourth-order valence-corrected chi connectivity index (χ4v) is 7.53. The summed E-state index contributed by atoms with van der Waals surface area (Å²) < 4.78 is 8.60. The van der Waals surface area contributed by atoms with E-state index in [2.05, 4.69) is 179 Å². The maximum atomic E-state index is 6.22. The van der Waals surface area contributed by atoms with Crippen molar-refractivity contribution in [1.29, 1.82) is 0 Å². The molecule has 0 amide bonds. The molecule has 2 aromatic heterocycles. The fraction of sp³-hybridized carbons (Fsp3) is 0. The minimum absolute atomic E-state index is 0.887. The number of nitrogens with zero attached hydrogens (tertiary/aromatic N) is 2. The lowest BCUT2D eigenvalue weighted by Crippen LogP contribution is -2.10. The van der Waals surface area contributed by atoms with Crippen LogP contribution in [-0.4, -0.2) is 4.57 Å². The summed E-state index contributed by atoms with van der Waals surface area (Å²) >= 11 is 0. The van der Waals surface area contributed by atoms with E-state index in [0.29, 0.717) is 0 Å². The number of furan rings is 1. The summed E-state index contributed by atoms with van der Waals surface area (Å²) in [6.45, 7) is 0. The number of para-hydroxylation sites is 3. The molecule has 49 heavy (non-hydrogen) atoms. The van der Waals surface area contributed by atoms with Gasteiger partial charge in [0.25, 0.3) is 0 Å². The van der Waals surface area contributed by atoms with Crippen molar-refractivity contribution >= 4 is 71.6 Å². The molecule has 0 saturated heterocycles. The van der Waals surface area contributed by atoms with Crippen LogP contribution in [0.1, 0.15) is 0 Å². The summed E-state index contributed by atoms with van der Waals surface area (Å²) in [5, 5.41) is 7.15. The molecule has 0 radical (unpaired) electrons. The van der Waals surface area contributed by atoms with Gasteiger partial charge in [-0.1, -0.05) is 115 Å². The molecule has 0 atom stereocenters. The highest BCUT2D eigenvalue weighted by molar-refractivity contribution is 6.10. The quantitative estimate of drug-likeness (QED) is 0.190. The first-order chi connectivity index (χ1) is 24.3. The molecular weight excluding hydrogens is 597 g/mol. The van der Waals surface area contributed by atoms with E-state index in [0.717, 1.165) is 55.8 Å². The highest BCUT2D eigenvalue weighted by atomic mass is 16.3. The molecular formula is C46H30N2O. The van der Waals surface area contributed by atoms with E-state index in [4.69, 9.17) is 4.42 Å². The van der Waals surface area contributed by atoms with Crippen LogP contribution in [0.25, 0.3) is 71.3 Å². The van der Waals surface area contributed by atoms with Crippen molar-refractivity contribution in [3.8, 4) is 16.8 Å². The molecule has 0 N–H and O–H groups in total. The van der Waals surface area contributed by atoms with Gasteiger partial charge in [-0.3, -0.25) is 0 Å². The summed E-state index contributed by atoms with van der Waals surface area (Å²) in [5.41, 5.74) is 10.9. The van der Waals surface area contributed by atoms with Gasteiger partial charge in [0.05, 0.1) is 16.7 Å². The van der Waals surface area contributed by atoms with Gasteiger partial charge >= 0.3 is 0 Å². The van der Waals surface area contributed by atoms with Crippen LogP contribution in [0.4, 0.5) is 17.1 Å². The van der Waals surface area contributed by atoms with Crippen LogP contribution in [-0.2, 0) is 0 Å². The minimum Gasteiger partial charge on any atom is -0.456 e. The number of anilines is 3. The number of aromatic nitrogens is 1. The zero-order valence-electron chi connectivity index (χ0n) is 26.6. The van der Waals surface area contributed by atoms with Crippen LogP contribution in [0.5, 0.6) is 0 Å². The molecule has 3 heteroatoms. The molecule has 0 fully saturated rings.